The van der Waals surface area contributed by atoms with Gasteiger partial charge < -0.3 is 13.9 Å². The van der Waals surface area contributed by atoms with Crippen LogP contribution >= 0.6 is 11.3 Å². The van der Waals surface area contributed by atoms with Crippen molar-refractivity contribution in [3.63, 3.8) is 0 Å². The third-order valence-electron chi connectivity index (χ3n) is 12.6. The first-order chi connectivity index (χ1) is 30.7. The van der Waals surface area contributed by atoms with Crippen molar-refractivity contribution in [2.24, 2.45) is 0 Å². The number of fused-ring (bicyclic) bond motifs is 11. The van der Waals surface area contributed by atoms with Gasteiger partial charge in [-0.25, -0.2) is 0 Å². The fraction of sp³-hybridized carbons (Fsp3) is 0. The van der Waals surface area contributed by atoms with Gasteiger partial charge in [-0.15, -0.1) is 11.3 Å². The van der Waals surface area contributed by atoms with Crippen LogP contribution in [0.25, 0.3) is 103 Å². The summed E-state index contributed by atoms with van der Waals surface area (Å²) in [5, 5.41) is 9.56. The van der Waals surface area contributed by atoms with Gasteiger partial charge in [0.15, 0.2) is 0 Å². The number of hydrogen-bond acceptors (Lipinski definition) is 3. The highest BCUT2D eigenvalue weighted by Gasteiger charge is 2.22. The molecule has 290 valence electrons. The zero-order valence-electron chi connectivity index (χ0n) is 33.5. The first-order valence-corrected chi connectivity index (χ1v) is 21.9. The number of hydrogen-bond donors (Lipinski definition) is 0. The molecule has 13 aromatic rings. The van der Waals surface area contributed by atoms with E-state index in [1.54, 1.807) is 0 Å². The summed E-state index contributed by atoms with van der Waals surface area (Å²) in [5.41, 5.74) is 13.2. The fourth-order valence-electron chi connectivity index (χ4n) is 9.69. The van der Waals surface area contributed by atoms with E-state index in [-0.39, 0.29) is 0 Å². The van der Waals surface area contributed by atoms with Crippen molar-refractivity contribution >= 4 is 103 Å². The molecular formula is C58H36N2OS. The van der Waals surface area contributed by atoms with Gasteiger partial charge in [-0.05, 0) is 119 Å². The topological polar surface area (TPSA) is 21.3 Å². The lowest BCUT2D eigenvalue weighted by Gasteiger charge is -2.27. The molecule has 0 atom stereocenters. The molecule has 0 aliphatic carbocycles. The van der Waals surface area contributed by atoms with Crippen LogP contribution in [-0.4, -0.2) is 4.57 Å². The van der Waals surface area contributed by atoms with Crippen molar-refractivity contribution < 1.29 is 4.42 Å². The SMILES string of the molecule is c1ccc(-n2c3ccccc3c3cc(-c4cccc(N(c5ccc(-c6ccc7sc8ccccc8c7c6)cc5)c5cccc6oc7c8ccccc8ccc7c56)c4)ccc32)cc1. The molecule has 0 aliphatic rings. The average Bonchev–Trinajstić information content (AvgIpc) is 4.02. The first kappa shape index (κ1) is 34.9. The zero-order valence-corrected chi connectivity index (χ0v) is 34.3. The Hall–Kier alpha value is -7.92. The number of rotatable bonds is 6. The summed E-state index contributed by atoms with van der Waals surface area (Å²) in [6, 6.07) is 79.2. The molecule has 62 heavy (non-hydrogen) atoms. The Morgan fingerprint density at radius 1 is 0.387 bits per heavy atom. The van der Waals surface area contributed by atoms with E-state index in [4.69, 9.17) is 4.42 Å². The Labute approximate surface area is 361 Å². The van der Waals surface area contributed by atoms with Crippen molar-refractivity contribution in [1.29, 1.82) is 0 Å². The Morgan fingerprint density at radius 2 is 1.06 bits per heavy atom. The van der Waals surface area contributed by atoms with Gasteiger partial charge in [0.1, 0.15) is 11.2 Å². The number of aromatic nitrogens is 1. The van der Waals surface area contributed by atoms with E-state index in [1.165, 1.54) is 64.1 Å². The van der Waals surface area contributed by atoms with Gasteiger partial charge in [0.2, 0.25) is 0 Å². The van der Waals surface area contributed by atoms with Crippen LogP contribution in [0.5, 0.6) is 0 Å². The third kappa shape index (κ3) is 5.44. The van der Waals surface area contributed by atoms with Crippen molar-refractivity contribution in [1.82, 2.24) is 4.57 Å². The summed E-state index contributed by atoms with van der Waals surface area (Å²) in [7, 11) is 0. The number of nitrogens with zero attached hydrogens (tertiary/aromatic N) is 2. The lowest BCUT2D eigenvalue weighted by molar-refractivity contribution is 0.672. The zero-order chi connectivity index (χ0) is 40.7. The van der Waals surface area contributed by atoms with E-state index in [9.17, 15) is 0 Å². The molecule has 0 unspecified atom stereocenters. The molecule has 4 heteroatoms. The van der Waals surface area contributed by atoms with Gasteiger partial charge in [-0.3, -0.25) is 0 Å². The molecule has 0 aliphatic heterocycles. The maximum Gasteiger partial charge on any atom is 0.143 e. The maximum absolute atomic E-state index is 6.74. The summed E-state index contributed by atoms with van der Waals surface area (Å²) in [4.78, 5) is 2.40. The molecule has 3 nitrogen and oxygen atoms in total. The minimum absolute atomic E-state index is 0.864. The van der Waals surface area contributed by atoms with E-state index in [0.29, 0.717) is 0 Å². The summed E-state index contributed by atoms with van der Waals surface area (Å²) in [6.45, 7) is 0. The molecule has 0 saturated carbocycles. The van der Waals surface area contributed by atoms with Crippen LogP contribution in [0.2, 0.25) is 0 Å². The van der Waals surface area contributed by atoms with Gasteiger partial charge in [-0.1, -0.05) is 127 Å². The molecule has 0 saturated heterocycles. The van der Waals surface area contributed by atoms with Gasteiger partial charge >= 0.3 is 0 Å². The Morgan fingerprint density at radius 3 is 1.97 bits per heavy atom. The summed E-state index contributed by atoms with van der Waals surface area (Å²) >= 11 is 1.85. The monoisotopic (exact) mass is 808 g/mol. The van der Waals surface area contributed by atoms with Gasteiger partial charge in [0.05, 0.1) is 22.1 Å². The second kappa shape index (κ2) is 13.8. The van der Waals surface area contributed by atoms with E-state index in [0.717, 1.165) is 55.6 Å². The summed E-state index contributed by atoms with van der Waals surface area (Å²) in [5.74, 6) is 0. The molecular weight excluding hydrogens is 773 g/mol. The quantitative estimate of drug-likeness (QED) is 0.167. The lowest BCUT2D eigenvalue weighted by atomic mass is 10.00. The predicted octanol–water partition coefficient (Wildman–Crippen LogP) is 17.0. The second-order valence-electron chi connectivity index (χ2n) is 16.1. The smallest absolute Gasteiger partial charge is 0.143 e. The molecule has 0 bridgehead atoms. The van der Waals surface area contributed by atoms with Crippen LogP contribution in [0.15, 0.2) is 223 Å². The molecule has 0 radical (unpaired) electrons. The van der Waals surface area contributed by atoms with Crippen LogP contribution in [0.4, 0.5) is 17.1 Å². The molecule has 0 spiro atoms. The van der Waals surface area contributed by atoms with E-state index in [2.05, 4.69) is 228 Å². The van der Waals surface area contributed by atoms with Crippen LogP contribution in [0.1, 0.15) is 0 Å². The minimum Gasteiger partial charge on any atom is -0.455 e. The number of benzene rings is 10. The molecule has 3 heterocycles. The fourth-order valence-corrected chi connectivity index (χ4v) is 10.8. The Balaban J connectivity index is 0.982. The third-order valence-corrected chi connectivity index (χ3v) is 13.7. The van der Waals surface area contributed by atoms with E-state index in [1.807, 2.05) is 11.3 Å². The first-order valence-electron chi connectivity index (χ1n) is 21.1. The van der Waals surface area contributed by atoms with Crippen LogP contribution < -0.4 is 4.90 Å². The largest absolute Gasteiger partial charge is 0.455 e. The highest BCUT2D eigenvalue weighted by molar-refractivity contribution is 7.25. The Kier molecular flexibility index (Phi) is 7.78. The highest BCUT2D eigenvalue weighted by atomic mass is 32.1. The lowest BCUT2D eigenvalue weighted by Crippen LogP contribution is -2.10. The molecule has 0 N–H and O–H groups in total. The van der Waals surface area contributed by atoms with Crippen LogP contribution in [0, 0.1) is 0 Å². The average molecular weight is 809 g/mol. The Bertz CT molecular complexity index is 3870. The molecule has 10 aromatic carbocycles. The van der Waals surface area contributed by atoms with E-state index >= 15 is 0 Å². The standard InChI is InChI=1S/C58H36N2OS/c1-2-14-42(15-3-1)60-51-20-8-6-18-46(51)49-35-41(27-32-52(49)60)39-13-10-16-44(34-39)59(53-21-11-22-54-57(53)48-31-26-38-12-4-5-17-45(38)58(48)61-54)43-29-24-37(25-30-43)40-28-33-56-50(36-40)47-19-7-9-23-55(47)62-56/h1-36H. The molecule has 3 aromatic heterocycles. The van der Waals surface area contributed by atoms with Crippen molar-refractivity contribution in [3.05, 3.63) is 218 Å². The highest BCUT2D eigenvalue weighted by Crippen LogP contribution is 2.46. The van der Waals surface area contributed by atoms with Gasteiger partial charge in [-0.2, -0.15) is 0 Å². The molecule has 0 amide bonds. The predicted molar refractivity (Wildman–Crippen MR) is 264 cm³/mol. The van der Waals surface area contributed by atoms with Gasteiger partial charge in [0, 0.05) is 58.8 Å². The van der Waals surface area contributed by atoms with Crippen LogP contribution in [0.3, 0.4) is 0 Å². The van der Waals surface area contributed by atoms with E-state index < -0.39 is 0 Å². The number of furan rings is 1. The summed E-state index contributed by atoms with van der Waals surface area (Å²) < 4.78 is 11.7. The van der Waals surface area contributed by atoms with Crippen molar-refractivity contribution in [3.8, 4) is 27.9 Å². The maximum atomic E-state index is 6.74. The number of thiophene rings is 1. The number of para-hydroxylation sites is 2. The van der Waals surface area contributed by atoms with Gasteiger partial charge in [0.25, 0.3) is 0 Å². The molecule has 0 fully saturated rings. The van der Waals surface area contributed by atoms with Crippen molar-refractivity contribution in [2.75, 3.05) is 4.90 Å². The second-order valence-corrected chi connectivity index (χ2v) is 17.2. The molecule has 13 rings (SSSR count). The van der Waals surface area contributed by atoms with Crippen molar-refractivity contribution in [2.45, 2.75) is 0 Å². The number of anilines is 3. The summed E-state index contributed by atoms with van der Waals surface area (Å²) in [6.07, 6.45) is 0. The van der Waals surface area contributed by atoms with Crippen LogP contribution in [-0.2, 0) is 0 Å². The minimum atomic E-state index is 0.864. The normalized spacial score (nSPS) is 11.9.